The highest BCUT2D eigenvalue weighted by atomic mass is 79.9. The molecule has 0 aromatic carbocycles. The summed E-state index contributed by atoms with van der Waals surface area (Å²) in [6.07, 6.45) is 4.40. The average Bonchev–Trinajstić information content (AvgIpc) is 2.33. The summed E-state index contributed by atoms with van der Waals surface area (Å²) in [6, 6.07) is 0. The average molecular weight is 284 g/mol. The number of nitrogens with zero attached hydrogens (tertiary/aromatic N) is 3. The number of aryl methyl sites for hydroxylation is 2. The SMILES string of the molecule is Cc1ncc(N2CCC(CBr)CC2)nc1C. The molecule has 1 aromatic heterocycles. The van der Waals surface area contributed by atoms with Crippen LogP contribution in [0.3, 0.4) is 0 Å². The van der Waals surface area contributed by atoms with Gasteiger partial charge >= 0.3 is 0 Å². The van der Waals surface area contributed by atoms with Crippen LogP contribution in [0.2, 0.25) is 0 Å². The molecule has 2 rings (SSSR count). The Kier molecular flexibility index (Phi) is 3.79. The molecule has 0 unspecified atom stereocenters. The molecule has 0 bridgehead atoms. The van der Waals surface area contributed by atoms with Crippen LogP contribution in [0.1, 0.15) is 24.2 Å². The van der Waals surface area contributed by atoms with Gasteiger partial charge < -0.3 is 4.90 Å². The quantitative estimate of drug-likeness (QED) is 0.782. The third-order valence-corrected chi connectivity index (χ3v) is 4.25. The summed E-state index contributed by atoms with van der Waals surface area (Å²) in [7, 11) is 0. The molecular weight excluding hydrogens is 266 g/mol. The molecule has 1 aliphatic heterocycles. The van der Waals surface area contributed by atoms with Gasteiger partial charge in [-0.1, -0.05) is 15.9 Å². The fourth-order valence-corrected chi connectivity index (χ4v) is 2.65. The number of hydrogen-bond donors (Lipinski definition) is 0. The van der Waals surface area contributed by atoms with E-state index in [4.69, 9.17) is 0 Å². The highest BCUT2D eigenvalue weighted by Gasteiger charge is 2.19. The van der Waals surface area contributed by atoms with E-state index in [0.717, 1.165) is 41.5 Å². The predicted molar refractivity (Wildman–Crippen MR) is 70.2 cm³/mol. The maximum atomic E-state index is 4.60. The Morgan fingerprint density at radius 2 is 2.00 bits per heavy atom. The molecule has 88 valence electrons. The summed E-state index contributed by atoms with van der Waals surface area (Å²) in [4.78, 5) is 11.3. The standard InChI is InChI=1S/C12H18BrN3/c1-9-10(2)15-12(8-14-9)16-5-3-11(7-13)4-6-16/h8,11H,3-7H2,1-2H3. The number of anilines is 1. The molecule has 1 saturated heterocycles. The van der Waals surface area contributed by atoms with E-state index >= 15 is 0 Å². The van der Waals surface area contributed by atoms with E-state index in [1.165, 1.54) is 12.8 Å². The van der Waals surface area contributed by atoms with Crippen molar-refractivity contribution in [3.8, 4) is 0 Å². The summed E-state index contributed by atoms with van der Waals surface area (Å²) in [5, 5.41) is 1.12. The van der Waals surface area contributed by atoms with Gasteiger partial charge in [-0.15, -0.1) is 0 Å². The van der Waals surface area contributed by atoms with Crippen LogP contribution in [-0.4, -0.2) is 28.4 Å². The molecule has 0 amide bonds. The first kappa shape index (κ1) is 11.8. The van der Waals surface area contributed by atoms with Crippen LogP contribution >= 0.6 is 15.9 Å². The van der Waals surface area contributed by atoms with Crippen molar-refractivity contribution >= 4 is 21.7 Å². The third kappa shape index (κ3) is 2.54. The minimum atomic E-state index is 0.829. The Morgan fingerprint density at radius 1 is 1.31 bits per heavy atom. The normalized spacial score (nSPS) is 17.8. The van der Waals surface area contributed by atoms with Gasteiger partial charge in [0.2, 0.25) is 0 Å². The molecule has 0 radical (unpaired) electrons. The van der Waals surface area contributed by atoms with E-state index in [1.807, 2.05) is 20.0 Å². The van der Waals surface area contributed by atoms with E-state index in [0.29, 0.717) is 0 Å². The largest absolute Gasteiger partial charge is 0.355 e. The van der Waals surface area contributed by atoms with Crippen LogP contribution in [0, 0.1) is 19.8 Å². The zero-order valence-corrected chi connectivity index (χ0v) is 11.5. The van der Waals surface area contributed by atoms with E-state index in [1.54, 1.807) is 0 Å². The summed E-state index contributed by atoms with van der Waals surface area (Å²) >= 11 is 3.56. The minimum absolute atomic E-state index is 0.829. The Labute approximate surface area is 105 Å². The maximum Gasteiger partial charge on any atom is 0.147 e. The molecule has 1 aromatic rings. The number of hydrogen-bond acceptors (Lipinski definition) is 3. The first-order valence-electron chi connectivity index (χ1n) is 5.82. The second-order valence-electron chi connectivity index (χ2n) is 4.48. The van der Waals surface area contributed by atoms with Crippen molar-refractivity contribution in [3.63, 3.8) is 0 Å². The molecule has 0 aliphatic carbocycles. The van der Waals surface area contributed by atoms with Crippen LogP contribution in [-0.2, 0) is 0 Å². The second-order valence-corrected chi connectivity index (χ2v) is 5.13. The summed E-state index contributed by atoms with van der Waals surface area (Å²) in [5.74, 6) is 1.87. The van der Waals surface area contributed by atoms with E-state index in [9.17, 15) is 0 Å². The van der Waals surface area contributed by atoms with Gasteiger partial charge in [0.25, 0.3) is 0 Å². The fourth-order valence-electron chi connectivity index (χ4n) is 2.00. The summed E-state index contributed by atoms with van der Waals surface area (Å²) in [5.41, 5.74) is 2.07. The van der Waals surface area contributed by atoms with Gasteiger partial charge in [-0.25, -0.2) is 4.98 Å². The van der Waals surface area contributed by atoms with Crippen molar-refractivity contribution in [2.45, 2.75) is 26.7 Å². The number of rotatable bonds is 2. The highest BCUT2D eigenvalue weighted by molar-refractivity contribution is 9.09. The summed E-state index contributed by atoms with van der Waals surface area (Å²) in [6.45, 7) is 6.24. The highest BCUT2D eigenvalue weighted by Crippen LogP contribution is 2.22. The number of alkyl halides is 1. The molecule has 4 heteroatoms. The van der Waals surface area contributed by atoms with Crippen molar-refractivity contribution in [1.29, 1.82) is 0 Å². The van der Waals surface area contributed by atoms with Gasteiger partial charge in [-0.05, 0) is 32.6 Å². The Morgan fingerprint density at radius 3 is 2.56 bits per heavy atom. The van der Waals surface area contributed by atoms with Crippen LogP contribution in [0.5, 0.6) is 0 Å². The lowest BCUT2D eigenvalue weighted by molar-refractivity contribution is 0.444. The maximum absolute atomic E-state index is 4.60. The van der Waals surface area contributed by atoms with Crippen molar-refractivity contribution in [2.75, 3.05) is 23.3 Å². The lowest BCUT2D eigenvalue weighted by atomic mass is 9.99. The fraction of sp³-hybridized carbons (Fsp3) is 0.667. The van der Waals surface area contributed by atoms with Gasteiger partial charge in [0.15, 0.2) is 0 Å². The molecule has 0 spiro atoms. The van der Waals surface area contributed by atoms with Crippen LogP contribution in [0.4, 0.5) is 5.82 Å². The van der Waals surface area contributed by atoms with Gasteiger partial charge in [-0.2, -0.15) is 0 Å². The van der Waals surface area contributed by atoms with Crippen molar-refractivity contribution in [2.24, 2.45) is 5.92 Å². The van der Waals surface area contributed by atoms with E-state index in [-0.39, 0.29) is 0 Å². The van der Waals surface area contributed by atoms with Crippen LogP contribution in [0.15, 0.2) is 6.20 Å². The first-order valence-corrected chi connectivity index (χ1v) is 6.94. The molecule has 16 heavy (non-hydrogen) atoms. The lowest BCUT2D eigenvalue weighted by Crippen LogP contribution is -2.34. The third-order valence-electron chi connectivity index (χ3n) is 3.34. The topological polar surface area (TPSA) is 29.0 Å². The van der Waals surface area contributed by atoms with Crippen molar-refractivity contribution < 1.29 is 0 Å². The van der Waals surface area contributed by atoms with Gasteiger partial charge in [0.05, 0.1) is 17.6 Å². The number of halogens is 1. The number of piperidine rings is 1. The van der Waals surface area contributed by atoms with Crippen molar-refractivity contribution in [1.82, 2.24) is 9.97 Å². The Hall–Kier alpha value is -0.640. The van der Waals surface area contributed by atoms with Crippen LogP contribution < -0.4 is 4.90 Å². The molecule has 0 atom stereocenters. The molecule has 0 N–H and O–H groups in total. The van der Waals surface area contributed by atoms with E-state index < -0.39 is 0 Å². The van der Waals surface area contributed by atoms with Gasteiger partial charge in [0.1, 0.15) is 5.82 Å². The summed E-state index contributed by atoms with van der Waals surface area (Å²) < 4.78 is 0. The molecule has 1 fully saturated rings. The molecule has 0 saturated carbocycles. The zero-order valence-electron chi connectivity index (χ0n) is 9.91. The number of aromatic nitrogens is 2. The first-order chi connectivity index (χ1) is 7.70. The Balaban J connectivity index is 2.05. The van der Waals surface area contributed by atoms with E-state index in [2.05, 4.69) is 30.8 Å². The lowest BCUT2D eigenvalue weighted by Gasteiger charge is -2.32. The van der Waals surface area contributed by atoms with Crippen LogP contribution in [0.25, 0.3) is 0 Å². The van der Waals surface area contributed by atoms with Crippen molar-refractivity contribution in [3.05, 3.63) is 17.6 Å². The van der Waals surface area contributed by atoms with Gasteiger partial charge in [-0.3, -0.25) is 4.98 Å². The molecule has 2 heterocycles. The monoisotopic (exact) mass is 283 g/mol. The second kappa shape index (κ2) is 5.13. The Bertz CT molecular complexity index is 359. The zero-order chi connectivity index (χ0) is 11.5. The van der Waals surface area contributed by atoms with Gasteiger partial charge in [0, 0.05) is 18.4 Å². The molecular formula is C12H18BrN3. The minimum Gasteiger partial charge on any atom is -0.355 e. The predicted octanol–water partition coefficient (Wildman–Crippen LogP) is 2.70. The molecule has 3 nitrogen and oxygen atoms in total. The molecule has 1 aliphatic rings. The smallest absolute Gasteiger partial charge is 0.147 e.